The van der Waals surface area contributed by atoms with Crippen LogP contribution >= 0.6 is 0 Å². The molecule has 2 aliphatic rings. The van der Waals surface area contributed by atoms with E-state index < -0.39 is 34.9 Å². The molecule has 1 aromatic rings. The number of nitrogens with one attached hydrogen (secondary N) is 2. The van der Waals surface area contributed by atoms with Gasteiger partial charge in [-0.25, -0.2) is 4.79 Å². The van der Waals surface area contributed by atoms with Crippen LogP contribution in [0.3, 0.4) is 0 Å². The first-order valence-corrected chi connectivity index (χ1v) is 9.17. The van der Waals surface area contributed by atoms with Gasteiger partial charge in [0.2, 0.25) is 0 Å². The van der Waals surface area contributed by atoms with Crippen LogP contribution in [0.25, 0.3) is 0 Å². The van der Waals surface area contributed by atoms with Crippen LogP contribution in [-0.4, -0.2) is 47.0 Å². The molecule has 11 heteroatoms. The van der Waals surface area contributed by atoms with E-state index in [0.29, 0.717) is 23.8 Å². The maximum Gasteiger partial charge on any atom is 0.344 e. The molecule has 4 amide bonds. The summed E-state index contributed by atoms with van der Waals surface area (Å²) in [6, 6.07) is 3.02. The Morgan fingerprint density at radius 3 is 2.66 bits per heavy atom. The number of carbonyl (C=O) groups excluding carboxylic acids is 3. The number of imide groups is 1. The Balaban J connectivity index is 1.63. The van der Waals surface area contributed by atoms with Gasteiger partial charge in [0.15, 0.2) is 18.1 Å². The smallest absolute Gasteiger partial charge is 0.344 e. The number of non-ortho nitro benzene ring substituents is 1. The molecule has 156 valence electrons. The molecule has 1 saturated carbocycles. The predicted octanol–water partition coefficient (Wildman–Crippen LogP) is 1.51. The van der Waals surface area contributed by atoms with Crippen LogP contribution in [0, 0.1) is 16.0 Å². The van der Waals surface area contributed by atoms with Gasteiger partial charge in [-0.1, -0.05) is 6.92 Å². The molecule has 1 aliphatic carbocycles. The zero-order valence-electron chi connectivity index (χ0n) is 16.1. The normalized spacial score (nSPS) is 23.7. The summed E-state index contributed by atoms with van der Waals surface area (Å²) in [5.41, 5.74) is 1.04. The van der Waals surface area contributed by atoms with E-state index >= 15 is 0 Å². The summed E-state index contributed by atoms with van der Waals surface area (Å²) in [6.45, 7) is 1.52. The van der Waals surface area contributed by atoms with E-state index in [1.807, 2.05) is 0 Å². The van der Waals surface area contributed by atoms with Crippen LogP contribution in [0.5, 0.6) is 11.5 Å². The first-order valence-electron chi connectivity index (χ1n) is 9.17. The quantitative estimate of drug-likeness (QED) is 0.414. The van der Waals surface area contributed by atoms with Crippen molar-refractivity contribution in [1.29, 1.82) is 0 Å². The minimum absolute atomic E-state index is 0.00760. The first kappa shape index (κ1) is 20.4. The molecular weight excluding hydrogens is 384 g/mol. The lowest BCUT2D eigenvalue weighted by Gasteiger charge is -2.33. The number of carbonyl (C=O) groups is 3. The molecular formula is C18H22N4O7. The molecule has 3 rings (SSSR count). The number of benzene rings is 1. The van der Waals surface area contributed by atoms with Gasteiger partial charge in [-0.15, -0.1) is 0 Å². The van der Waals surface area contributed by atoms with Crippen LogP contribution in [0.4, 0.5) is 10.5 Å². The third kappa shape index (κ3) is 4.08. The number of rotatable bonds is 6. The summed E-state index contributed by atoms with van der Waals surface area (Å²) in [4.78, 5) is 47.4. The first-order chi connectivity index (χ1) is 13.8. The lowest BCUT2D eigenvalue weighted by atomic mass is 9.77. The number of nitrogens with zero attached hydrogens (tertiary/aromatic N) is 2. The van der Waals surface area contributed by atoms with Crippen molar-refractivity contribution >= 4 is 23.5 Å². The van der Waals surface area contributed by atoms with E-state index in [-0.39, 0.29) is 17.2 Å². The number of urea groups is 1. The average Bonchev–Trinajstić information content (AvgIpc) is 2.92. The van der Waals surface area contributed by atoms with Crippen molar-refractivity contribution in [2.75, 3.05) is 13.7 Å². The molecule has 1 aliphatic heterocycles. The number of hydrogen-bond donors (Lipinski definition) is 2. The van der Waals surface area contributed by atoms with Crippen molar-refractivity contribution in [3.05, 3.63) is 28.3 Å². The van der Waals surface area contributed by atoms with Gasteiger partial charge in [0, 0.05) is 6.07 Å². The average molecular weight is 406 g/mol. The SMILES string of the molecule is COc1ccc([N+](=O)[O-])cc1OCC(=O)NN1C(=O)NC2(CCC(C)CC2)C1=O. The topological polar surface area (TPSA) is 140 Å². The molecule has 0 bridgehead atoms. The van der Waals surface area contributed by atoms with Gasteiger partial charge in [-0.3, -0.25) is 25.1 Å². The highest BCUT2D eigenvalue weighted by molar-refractivity contribution is 6.08. The fraction of sp³-hybridized carbons (Fsp3) is 0.500. The maximum atomic E-state index is 12.7. The summed E-state index contributed by atoms with van der Waals surface area (Å²) >= 11 is 0. The second-order valence-corrected chi connectivity index (χ2v) is 7.25. The largest absolute Gasteiger partial charge is 0.493 e. The van der Waals surface area contributed by atoms with Crippen LogP contribution < -0.4 is 20.2 Å². The molecule has 2 fully saturated rings. The van der Waals surface area contributed by atoms with Crippen molar-refractivity contribution in [3.63, 3.8) is 0 Å². The highest BCUT2D eigenvalue weighted by Gasteiger charge is 2.52. The van der Waals surface area contributed by atoms with Gasteiger partial charge >= 0.3 is 6.03 Å². The number of nitro groups is 1. The molecule has 1 saturated heterocycles. The molecule has 0 radical (unpaired) electrons. The zero-order chi connectivity index (χ0) is 21.2. The molecule has 0 aromatic heterocycles. The van der Waals surface area contributed by atoms with Crippen molar-refractivity contribution in [2.45, 2.75) is 38.1 Å². The molecule has 0 atom stereocenters. The highest BCUT2D eigenvalue weighted by Crippen LogP contribution is 2.36. The van der Waals surface area contributed by atoms with E-state index in [1.54, 1.807) is 0 Å². The fourth-order valence-corrected chi connectivity index (χ4v) is 3.51. The summed E-state index contributed by atoms with van der Waals surface area (Å²) in [7, 11) is 1.35. The fourth-order valence-electron chi connectivity index (χ4n) is 3.51. The van der Waals surface area contributed by atoms with E-state index in [9.17, 15) is 24.5 Å². The van der Waals surface area contributed by atoms with Gasteiger partial charge in [0.1, 0.15) is 5.54 Å². The molecule has 1 heterocycles. The molecule has 0 unspecified atom stereocenters. The minimum Gasteiger partial charge on any atom is -0.493 e. The molecule has 2 N–H and O–H groups in total. The van der Waals surface area contributed by atoms with E-state index in [0.717, 1.165) is 18.9 Å². The van der Waals surface area contributed by atoms with Gasteiger partial charge < -0.3 is 14.8 Å². The monoisotopic (exact) mass is 406 g/mol. The van der Waals surface area contributed by atoms with Crippen molar-refractivity contribution in [1.82, 2.24) is 15.8 Å². The third-order valence-electron chi connectivity index (χ3n) is 5.24. The number of amides is 4. The second-order valence-electron chi connectivity index (χ2n) is 7.25. The van der Waals surface area contributed by atoms with Crippen LogP contribution in [0.2, 0.25) is 0 Å². The van der Waals surface area contributed by atoms with E-state index in [1.165, 1.54) is 19.2 Å². The Morgan fingerprint density at radius 2 is 2.03 bits per heavy atom. The van der Waals surface area contributed by atoms with Gasteiger partial charge in [-0.2, -0.15) is 5.01 Å². The van der Waals surface area contributed by atoms with Crippen LogP contribution in [-0.2, 0) is 9.59 Å². The molecule has 1 spiro atoms. The van der Waals surface area contributed by atoms with Crippen molar-refractivity contribution < 1.29 is 28.8 Å². The second kappa shape index (κ2) is 7.94. The number of methoxy groups -OCH3 is 1. The Labute approximate surface area is 166 Å². The maximum absolute atomic E-state index is 12.7. The number of hydrazine groups is 1. The van der Waals surface area contributed by atoms with Crippen LogP contribution in [0.15, 0.2) is 18.2 Å². The van der Waals surface area contributed by atoms with E-state index in [4.69, 9.17) is 9.47 Å². The molecule has 11 nitrogen and oxygen atoms in total. The zero-order valence-corrected chi connectivity index (χ0v) is 16.1. The Morgan fingerprint density at radius 1 is 1.34 bits per heavy atom. The predicted molar refractivity (Wildman–Crippen MR) is 99.0 cm³/mol. The number of nitro benzene ring substituents is 1. The standard InChI is InChI=1S/C18H22N4O7/c1-11-5-7-18(8-6-11)16(24)21(17(25)19-18)20-15(23)10-29-14-9-12(22(26)27)3-4-13(14)28-2/h3-4,9,11H,5-8,10H2,1-2H3,(H,19,25)(H,20,23). The Hall–Kier alpha value is -3.37. The van der Waals surface area contributed by atoms with Gasteiger partial charge in [0.25, 0.3) is 17.5 Å². The van der Waals surface area contributed by atoms with Crippen LogP contribution in [0.1, 0.15) is 32.6 Å². The van der Waals surface area contributed by atoms with E-state index in [2.05, 4.69) is 17.7 Å². The summed E-state index contributed by atoms with van der Waals surface area (Å²) < 4.78 is 10.4. The molecule has 1 aromatic carbocycles. The Bertz CT molecular complexity index is 849. The van der Waals surface area contributed by atoms with Crippen molar-refractivity contribution in [3.8, 4) is 11.5 Å². The molecule has 29 heavy (non-hydrogen) atoms. The summed E-state index contributed by atoms with van der Waals surface area (Å²) in [6.07, 6.45) is 2.66. The summed E-state index contributed by atoms with van der Waals surface area (Å²) in [5, 5.41) is 14.3. The number of ether oxygens (including phenoxy) is 2. The lowest BCUT2D eigenvalue weighted by molar-refractivity contribution is -0.385. The lowest BCUT2D eigenvalue weighted by Crippen LogP contribution is -2.52. The van der Waals surface area contributed by atoms with Crippen molar-refractivity contribution in [2.24, 2.45) is 5.92 Å². The highest BCUT2D eigenvalue weighted by atomic mass is 16.6. The van der Waals surface area contributed by atoms with Gasteiger partial charge in [-0.05, 0) is 37.7 Å². The van der Waals surface area contributed by atoms with Gasteiger partial charge in [0.05, 0.1) is 18.1 Å². The minimum atomic E-state index is -0.971. The third-order valence-corrected chi connectivity index (χ3v) is 5.24. The Kier molecular flexibility index (Phi) is 5.57. The number of hydrogen-bond acceptors (Lipinski definition) is 7. The summed E-state index contributed by atoms with van der Waals surface area (Å²) in [5.74, 6) is -0.577.